The van der Waals surface area contributed by atoms with Crippen molar-refractivity contribution in [1.29, 1.82) is 0 Å². The molecule has 0 aromatic heterocycles. The number of ether oxygens (including phenoxy) is 3. The Morgan fingerprint density at radius 2 is 1.88 bits per heavy atom. The molecule has 1 N–H and O–H groups in total. The van der Waals surface area contributed by atoms with Gasteiger partial charge >= 0.3 is 0 Å². The van der Waals surface area contributed by atoms with E-state index in [2.05, 4.69) is 11.9 Å². The van der Waals surface area contributed by atoms with Crippen molar-refractivity contribution in [2.24, 2.45) is 0 Å². The van der Waals surface area contributed by atoms with Gasteiger partial charge in [-0.3, -0.25) is 4.79 Å². The Kier molecular flexibility index (Phi) is 8.06. The summed E-state index contributed by atoms with van der Waals surface area (Å²) in [5.41, 5.74) is 0.535. The molecule has 0 radical (unpaired) electrons. The van der Waals surface area contributed by atoms with Crippen molar-refractivity contribution in [3.63, 3.8) is 0 Å². The van der Waals surface area contributed by atoms with Crippen LogP contribution in [0.15, 0.2) is 61.2 Å². The molecule has 2 aromatic rings. The van der Waals surface area contributed by atoms with E-state index in [1.54, 1.807) is 31.4 Å². The molecule has 0 fully saturated rings. The predicted molar refractivity (Wildman–Crippen MR) is 102 cm³/mol. The number of carbonyl (C=O) groups is 1. The third kappa shape index (κ3) is 6.16. The van der Waals surface area contributed by atoms with Gasteiger partial charge in [0.1, 0.15) is 12.4 Å². The fourth-order valence-corrected chi connectivity index (χ4v) is 2.31. The lowest BCUT2D eigenvalue weighted by Gasteiger charge is -2.11. The molecule has 0 atom stereocenters. The Bertz CT molecular complexity index is 700. The summed E-state index contributed by atoms with van der Waals surface area (Å²) >= 11 is 0. The van der Waals surface area contributed by atoms with Gasteiger partial charge in [-0.2, -0.15) is 0 Å². The molecule has 0 heterocycles. The van der Waals surface area contributed by atoms with Gasteiger partial charge in [0.15, 0.2) is 11.5 Å². The van der Waals surface area contributed by atoms with Crippen molar-refractivity contribution in [3.8, 4) is 17.2 Å². The maximum atomic E-state index is 12.2. The number of para-hydroxylation sites is 1. The van der Waals surface area contributed by atoms with Gasteiger partial charge in [-0.05, 0) is 43.2 Å². The van der Waals surface area contributed by atoms with Crippen LogP contribution in [0, 0.1) is 0 Å². The zero-order valence-electron chi connectivity index (χ0n) is 15.1. The predicted octanol–water partition coefficient (Wildman–Crippen LogP) is 3.85. The van der Waals surface area contributed by atoms with Gasteiger partial charge in [0, 0.05) is 12.1 Å². The van der Waals surface area contributed by atoms with Gasteiger partial charge in [0.2, 0.25) is 0 Å². The first-order valence-corrected chi connectivity index (χ1v) is 8.62. The van der Waals surface area contributed by atoms with Crippen molar-refractivity contribution in [2.75, 3.05) is 26.9 Å². The molecule has 2 rings (SSSR count). The molecule has 0 saturated carbocycles. The highest BCUT2D eigenvalue weighted by Gasteiger charge is 2.10. The number of hydrogen-bond donors (Lipinski definition) is 1. The summed E-state index contributed by atoms with van der Waals surface area (Å²) in [6.07, 6.45) is 3.37. The van der Waals surface area contributed by atoms with E-state index in [4.69, 9.17) is 14.2 Å². The van der Waals surface area contributed by atoms with Crippen molar-refractivity contribution >= 4 is 5.91 Å². The van der Waals surface area contributed by atoms with Gasteiger partial charge < -0.3 is 19.5 Å². The minimum absolute atomic E-state index is 0.137. The van der Waals surface area contributed by atoms with Crippen LogP contribution in [0.3, 0.4) is 0 Å². The van der Waals surface area contributed by atoms with Crippen LogP contribution in [0.25, 0.3) is 0 Å². The van der Waals surface area contributed by atoms with E-state index in [0.717, 1.165) is 18.6 Å². The van der Waals surface area contributed by atoms with Gasteiger partial charge in [-0.15, -0.1) is 0 Å². The number of benzene rings is 2. The Morgan fingerprint density at radius 3 is 2.62 bits per heavy atom. The van der Waals surface area contributed by atoms with Crippen molar-refractivity contribution < 1.29 is 19.0 Å². The lowest BCUT2D eigenvalue weighted by molar-refractivity contribution is 0.0952. The summed E-state index contributed by atoms with van der Waals surface area (Å²) in [4.78, 5) is 12.2. The van der Waals surface area contributed by atoms with Crippen LogP contribution in [-0.2, 0) is 0 Å². The molecule has 2 aromatic carbocycles. The van der Waals surface area contributed by atoms with Crippen molar-refractivity contribution in [3.05, 3.63) is 66.7 Å². The third-order valence-corrected chi connectivity index (χ3v) is 3.65. The van der Waals surface area contributed by atoms with Crippen LogP contribution in [0.5, 0.6) is 17.2 Å². The monoisotopic (exact) mass is 355 g/mol. The minimum atomic E-state index is -0.137. The number of methoxy groups -OCH3 is 1. The summed E-state index contributed by atoms with van der Waals surface area (Å²) in [7, 11) is 1.55. The number of amides is 1. The summed E-state index contributed by atoms with van der Waals surface area (Å²) < 4.78 is 16.4. The number of nitrogens with one attached hydrogen (secondary N) is 1. The number of carbonyl (C=O) groups excluding carboxylic acids is 1. The normalized spacial score (nSPS) is 10.0. The molecule has 5 heteroatoms. The molecular weight excluding hydrogens is 330 g/mol. The quantitative estimate of drug-likeness (QED) is 0.491. The van der Waals surface area contributed by atoms with E-state index in [0.29, 0.717) is 36.8 Å². The smallest absolute Gasteiger partial charge is 0.251 e. The Hall–Kier alpha value is -2.95. The van der Waals surface area contributed by atoms with Crippen LogP contribution in [0.4, 0.5) is 0 Å². The van der Waals surface area contributed by atoms with Crippen LogP contribution in [0.2, 0.25) is 0 Å². The topological polar surface area (TPSA) is 56.8 Å². The second kappa shape index (κ2) is 10.8. The molecule has 1 amide bonds. The molecule has 0 spiro atoms. The zero-order valence-corrected chi connectivity index (χ0v) is 15.1. The molecule has 26 heavy (non-hydrogen) atoms. The van der Waals surface area contributed by atoms with E-state index in [9.17, 15) is 4.79 Å². The first-order valence-electron chi connectivity index (χ1n) is 8.62. The average molecular weight is 355 g/mol. The van der Waals surface area contributed by atoms with Gasteiger partial charge in [0.25, 0.3) is 5.91 Å². The van der Waals surface area contributed by atoms with E-state index < -0.39 is 0 Å². The van der Waals surface area contributed by atoms with E-state index in [1.807, 2.05) is 30.3 Å². The number of hydrogen-bond acceptors (Lipinski definition) is 4. The number of rotatable bonds is 11. The molecule has 138 valence electrons. The SMILES string of the molecule is C=CCOc1ccc(C(=O)NCCCCOc2ccccc2)cc1OC. The van der Waals surface area contributed by atoms with E-state index in [1.165, 1.54) is 0 Å². The maximum absolute atomic E-state index is 12.2. The maximum Gasteiger partial charge on any atom is 0.251 e. The fraction of sp³-hybridized carbons (Fsp3) is 0.286. The van der Waals surface area contributed by atoms with Gasteiger partial charge in [0.05, 0.1) is 13.7 Å². The lowest BCUT2D eigenvalue weighted by atomic mass is 10.2. The second-order valence-corrected chi connectivity index (χ2v) is 5.59. The zero-order chi connectivity index (χ0) is 18.6. The fourth-order valence-electron chi connectivity index (χ4n) is 2.31. The standard InChI is InChI=1S/C21H25NO4/c1-3-14-26-19-12-11-17(16-20(19)24-2)21(23)22-13-7-8-15-25-18-9-5-4-6-10-18/h3-6,9-12,16H,1,7-8,13-15H2,2H3,(H,22,23). The Balaban J connectivity index is 1.72. The Labute approximate surface area is 154 Å². The first kappa shape index (κ1) is 19.4. The van der Waals surface area contributed by atoms with Crippen LogP contribution in [0.1, 0.15) is 23.2 Å². The molecule has 5 nitrogen and oxygen atoms in total. The minimum Gasteiger partial charge on any atom is -0.494 e. The van der Waals surface area contributed by atoms with Crippen LogP contribution < -0.4 is 19.5 Å². The van der Waals surface area contributed by atoms with Crippen LogP contribution in [-0.4, -0.2) is 32.8 Å². The van der Waals surface area contributed by atoms with E-state index in [-0.39, 0.29) is 5.91 Å². The summed E-state index contributed by atoms with van der Waals surface area (Å²) in [5.74, 6) is 1.84. The Morgan fingerprint density at radius 1 is 1.08 bits per heavy atom. The summed E-state index contributed by atoms with van der Waals surface area (Å²) in [5, 5.41) is 2.90. The van der Waals surface area contributed by atoms with Gasteiger partial charge in [-0.25, -0.2) is 0 Å². The average Bonchev–Trinajstić information content (AvgIpc) is 2.69. The number of unbranched alkanes of at least 4 members (excludes halogenated alkanes) is 1. The molecule has 0 saturated heterocycles. The molecule has 0 aliphatic heterocycles. The second-order valence-electron chi connectivity index (χ2n) is 5.59. The molecule has 0 bridgehead atoms. The molecular formula is C21H25NO4. The summed E-state index contributed by atoms with van der Waals surface area (Å²) in [6, 6.07) is 14.8. The highest BCUT2D eigenvalue weighted by molar-refractivity contribution is 5.94. The van der Waals surface area contributed by atoms with Crippen molar-refractivity contribution in [1.82, 2.24) is 5.32 Å². The molecule has 0 aliphatic carbocycles. The first-order chi connectivity index (χ1) is 12.7. The van der Waals surface area contributed by atoms with Crippen molar-refractivity contribution in [2.45, 2.75) is 12.8 Å². The van der Waals surface area contributed by atoms with Crippen LogP contribution >= 0.6 is 0 Å². The van der Waals surface area contributed by atoms with E-state index >= 15 is 0 Å². The summed E-state index contributed by atoms with van der Waals surface area (Å²) in [6.45, 7) is 5.21. The highest BCUT2D eigenvalue weighted by atomic mass is 16.5. The molecule has 0 aliphatic rings. The largest absolute Gasteiger partial charge is 0.494 e. The molecule has 0 unspecified atom stereocenters. The van der Waals surface area contributed by atoms with Gasteiger partial charge in [-0.1, -0.05) is 30.9 Å². The lowest BCUT2D eigenvalue weighted by Crippen LogP contribution is -2.24. The third-order valence-electron chi connectivity index (χ3n) is 3.65. The highest BCUT2D eigenvalue weighted by Crippen LogP contribution is 2.28.